The number of halogens is 1. The van der Waals surface area contributed by atoms with Crippen molar-refractivity contribution >= 4 is 17.5 Å². The van der Waals surface area contributed by atoms with Crippen molar-refractivity contribution in [3.63, 3.8) is 0 Å². The largest absolute Gasteiger partial charge is 0.457 e. The third-order valence-corrected chi connectivity index (χ3v) is 7.75. The first-order valence-electron chi connectivity index (χ1n) is 13.0. The Morgan fingerprint density at radius 2 is 1.82 bits per heavy atom. The highest BCUT2D eigenvalue weighted by atomic mass is 35.5. The number of aromatic nitrogens is 2. The topological polar surface area (TPSA) is 75.3 Å². The summed E-state index contributed by atoms with van der Waals surface area (Å²) in [5.41, 5.74) is 2.81. The van der Waals surface area contributed by atoms with Gasteiger partial charge in [0.05, 0.1) is 29.6 Å². The minimum absolute atomic E-state index is 0.0389. The maximum atomic E-state index is 13.4. The molecule has 1 fully saturated rings. The first-order valence-corrected chi connectivity index (χ1v) is 13.4. The van der Waals surface area contributed by atoms with E-state index in [9.17, 15) is 9.59 Å². The molecule has 2 aliphatic rings. The highest BCUT2D eigenvalue weighted by Crippen LogP contribution is 2.52. The number of benzene rings is 3. The van der Waals surface area contributed by atoms with E-state index in [1.54, 1.807) is 4.90 Å². The summed E-state index contributed by atoms with van der Waals surface area (Å²) >= 11 is 6.25. The number of fused-ring (bicyclic) bond motifs is 1. The SMILES string of the molecule is O=C(Cc1ccccc1Oc1ccccc1)N1CCCc2nc(C3(c4cccc(Cl)c4)CC3)[nH]c(=O)c2C1. The standard InChI is InChI=1S/C31H28ClN3O3/c32-23-10-6-9-22(19-23)31(15-16-31)30-33-26-13-7-17-35(20-25(26)29(37)34-30)28(36)18-21-8-4-5-14-27(21)38-24-11-2-1-3-12-24/h1-6,8-12,14,19H,7,13,15-18,20H2,(H,33,34,37). The van der Waals surface area contributed by atoms with Crippen molar-refractivity contribution in [2.75, 3.05) is 6.54 Å². The van der Waals surface area contributed by atoms with Crippen LogP contribution in [0, 0.1) is 0 Å². The third-order valence-electron chi connectivity index (χ3n) is 7.51. The van der Waals surface area contributed by atoms with Crippen LogP contribution < -0.4 is 10.3 Å². The molecule has 6 nitrogen and oxygen atoms in total. The Labute approximate surface area is 226 Å². The molecule has 192 valence electrons. The Morgan fingerprint density at radius 3 is 2.61 bits per heavy atom. The van der Waals surface area contributed by atoms with E-state index in [-0.39, 0.29) is 29.8 Å². The maximum Gasteiger partial charge on any atom is 0.256 e. The second-order valence-electron chi connectivity index (χ2n) is 10.1. The molecular formula is C31H28ClN3O3. The van der Waals surface area contributed by atoms with Crippen LogP contribution in [0.5, 0.6) is 11.5 Å². The van der Waals surface area contributed by atoms with Crippen molar-refractivity contribution < 1.29 is 9.53 Å². The quantitative estimate of drug-likeness (QED) is 0.344. The lowest BCUT2D eigenvalue weighted by Gasteiger charge is -2.22. The van der Waals surface area contributed by atoms with E-state index >= 15 is 0 Å². The number of hydrogen-bond donors (Lipinski definition) is 1. The number of amides is 1. The smallest absolute Gasteiger partial charge is 0.256 e. The first kappa shape index (κ1) is 24.4. The van der Waals surface area contributed by atoms with E-state index in [2.05, 4.69) is 4.98 Å². The number of nitrogens with zero attached hydrogens (tertiary/aromatic N) is 2. The molecule has 1 aromatic heterocycles. The van der Waals surface area contributed by atoms with E-state index in [1.165, 1.54) is 0 Å². The van der Waals surface area contributed by atoms with E-state index in [0.717, 1.165) is 41.8 Å². The molecule has 1 saturated carbocycles. The fourth-order valence-electron chi connectivity index (χ4n) is 5.27. The minimum atomic E-state index is -0.288. The van der Waals surface area contributed by atoms with Crippen molar-refractivity contribution in [2.45, 2.75) is 44.1 Å². The summed E-state index contributed by atoms with van der Waals surface area (Å²) in [4.78, 5) is 36.5. The zero-order chi connectivity index (χ0) is 26.1. The minimum Gasteiger partial charge on any atom is -0.457 e. The van der Waals surface area contributed by atoms with Gasteiger partial charge in [0.15, 0.2) is 0 Å². The van der Waals surface area contributed by atoms with Gasteiger partial charge in [-0.15, -0.1) is 0 Å². The number of para-hydroxylation sites is 2. The molecule has 0 bridgehead atoms. The third kappa shape index (κ3) is 4.84. The van der Waals surface area contributed by atoms with Crippen molar-refractivity contribution in [2.24, 2.45) is 0 Å². The Hall–Kier alpha value is -3.90. The van der Waals surface area contributed by atoms with Gasteiger partial charge in [0.25, 0.3) is 5.56 Å². The van der Waals surface area contributed by atoms with Gasteiger partial charge >= 0.3 is 0 Å². The fourth-order valence-corrected chi connectivity index (χ4v) is 5.46. The van der Waals surface area contributed by atoms with Gasteiger partial charge in [-0.2, -0.15) is 0 Å². The number of carbonyl (C=O) groups excluding carboxylic acids is 1. The second kappa shape index (κ2) is 10.1. The summed E-state index contributed by atoms with van der Waals surface area (Å²) in [7, 11) is 0. The van der Waals surface area contributed by atoms with Gasteiger partial charge in [0, 0.05) is 17.1 Å². The molecule has 7 heteroatoms. The van der Waals surface area contributed by atoms with Gasteiger partial charge in [-0.25, -0.2) is 4.98 Å². The van der Waals surface area contributed by atoms with Crippen LogP contribution in [0.2, 0.25) is 5.02 Å². The number of H-pyrrole nitrogens is 1. The van der Waals surface area contributed by atoms with Gasteiger partial charge in [-0.1, -0.05) is 60.1 Å². The molecule has 3 aromatic carbocycles. The first-order chi connectivity index (χ1) is 18.5. The predicted molar refractivity (Wildman–Crippen MR) is 147 cm³/mol. The lowest BCUT2D eigenvalue weighted by atomic mass is 9.94. The van der Waals surface area contributed by atoms with Crippen molar-refractivity contribution in [1.82, 2.24) is 14.9 Å². The van der Waals surface area contributed by atoms with Crippen LogP contribution in [-0.4, -0.2) is 27.3 Å². The predicted octanol–water partition coefficient (Wildman–Crippen LogP) is 5.81. The highest BCUT2D eigenvalue weighted by molar-refractivity contribution is 6.30. The summed E-state index contributed by atoms with van der Waals surface area (Å²) < 4.78 is 6.05. The molecule has 2 heterocycles. The molecule has 6 rings (SSSR count). The number of ether oxygens (including phenoxy) is 1. The molecule has 1 aliphatic carbocycles. The van der Waals surface area contributed by atoms with E-state index in [4.69, 9.17) is 21.3 Å². The zero-order valence-corrected chi connectivity index (χ0v) is 21.7. The van der Waals surface area contributed by atoms with Gasteiger partial charge < -0.3 is 14.6 Å². The van der Waals surface area contributed by atoms with Crippen LogP contribution in [0.15, 0.2) is 83.7 Å². The molecule has 4 aromatic rings. The average Bonchev–Trinajstić information content (AvgIpc) is 3.75. The van der Waals surface area contributed by atoms with Crippen LogP contribution in [0.25, 0.3) is 0 Å². The van der Waals surface area contributed by atoms with Gasteiger partial charge in [-0.3, -0.25) is 9.59 Å². The van der Waals surface area contributed by atoms with Crippen molar-refractivity contribution in [3.05, 3.63) is 122 Å². The molecular weight excluding hydrogens is 498 g/mol. The van der Waals surface area contributed by atoms with E-state index < -0.39 is 0 Å². The number of rotatable bonds is 6. The summed E-state index contributed by atoms with van der Waals surface area (Å²) in [6, 6.07) is 24.9. The van der Waals surface area contributed by atoms with Crippen LogP contribution in [0.4, 0.5) is 0 Å². The molecule has 0 radical (unpaired) electrons. The Morgan fingerprint density at radius 1 is 1.03 bits per heavy atom. The number of aryl methyl sites for hydroxylation is 1. The molecule has 38 heavy (non-hydrogen) atoms. The summed E-state index contributed by atoms with van der Waals surface area (Å²) in [6.45, 7) is 0.827. The lowest BCUT2D eigenvalue weighted by Crippen LogP contribution is -2.34. The highest BCUT2D eigenvalue weighted by Gasteiger charge is 2.48. The molecule has 1 amide bonds. The molecule has 1 aliphatic heterocycles. The monoisotopic (exact) mass is 525 g/mol. The zero-order valence-electron chi connectivity index (χ0n) is 21.0. The van der Waals surface area contributed by atoms with Gasteiger partial charge in [0.2, 0.25) is 5.91 Å². The van der Waals surface area contributed by atoms with Crippen LogP contribution in [0.1, 0.15) is 47.5 Å². The van der Waals surface area contributed by atoms with Gasteiger partial charge in [-0.05, 0) is 61.6 Å². The Bertz CT molecular complexity index is 1550. The maximum absolute atomic E-state index is 13.4. The lowest BCUT2D eigenvalue weighted by molar-refractivity contribution is -0.131. The normalized spacial score (nSPS) is 15.9. The number of hydrogen-bond acceptors (Lipinski definition) is 4. The molecule has 0 atom stereocenters. The van der Waals surface area contributed by atoms with Crippen LogP contribution in [-0.2, 0) is 29.6 Å². The van der Waals surface area contributed by atoms with Crippen molar-refractivity contribution in [3.8, 4) is 11.5 Å². The van der Waals surface area contributed by atoms with Crippen LogP contribution >= 0.6 is 11.6 Å². The summed E-state index contributed by atoms with van der Waals surface area (Å²) in [5, 5.41) is 0.677. The summed E-state index contributed by atoms with van der Waals surface area (Å²) in [6.07, 6.45) is 3.45. The number of carbonyl (C=O) groups is 1. The Balaban J connectivity index is 1.23. The summed E-state index contributed by atoms with van der Waals surface area (Å²) in [5.74, 6) is 2.04. The van der Waals surface area contributed by atoms with Gasteiger partial charge in [0.1, 0.15) is 17.3 Å². The molecule has 0 spiro atoms. The average molecular weight is 526 g/mol. The van der Waals surface area contributed by atoms with Crippen LogP contribution in [0.3, 0.4) is 0 Å². The van der Waals surface area contributed by atoms with Crippen molar-refractivity contribution in [1.29, 1.82) is 0 Å². The molecule has 0 unspecified atom stereocenters. The van der Waals surface area contributed by atoms with E-state index in [1.807, 2.05) is 78.9 Å². The number of aromatic amines is 1. The second-order valence-corrected chi connectivity index (χ2v) is 10.5. The Kier molecular flexibility index (Phi) is 6.50. The number of nitrogens with one attached hydrogen (secondary N) is 1. The van der Waals surface area contributed by atoms with E-state index in [0.29, 0.717) is 35.1 Å². The molecule has 1 N–H and O–H groups in total. The fraction of sp³-hybridized carbons (Fsp3) is 0.258. The molecule has 0 saturated heterocycles.